The molecule has 0 saturated heterocycles. The number of carbonyl (C=O) groups excluding carboxylic acids is 1. The Hall–Kier alpha value is -2.93. The molecule has 7 heteroatoms. The number of hydrogen-bond donors (Lipinski definition) is 1. The highest BCUT2D eigenvalue weighted by atomic mass is 32.1. The van der Waals surface area contributed by atoms with Gasteiger partial charge in [-0.05, 0) is 39.0 Å². The van der Waals surface area contributed by atoms with Crippen LogP contribution in [0.4, 0.5) is 0 Å². The number of fused-ring (bicyclic) bond motifs is 1. The van der Waals surface area contributed by atoms with E-state index >= 15 is 0 Å². The van der Waals surface area contributed by atoms with E-state index in [1.165, 1.54) is 4.70 Å². The first-order valence-corrected chi connectivity index (χ1v) is 9.60. The molecule has 1 aromatic carbocycles. The normalized spacial score (nSPS) is 11.2. The van der Waals surface area contributed by atoms with Crippen LogP contribution < -0.4 is 5.32 Å². The second kappa shape index (κ2) is 7.00. The van der Waals surface area contributed by atoms with Crippen molar-refractivity contribution >= 4 is 27.5 Å². The molecule has 0 saturated carbocycles. The van der Waals surface area contributed by atoms with Crippen LogP contribution in [0.2, 0.25) is 0 Å². The molecule has 6 nitrogen and oxygen atoms in total. The van der Waals surface area contributed by atoms with Crippen LogP contribution in [0.5, 0.6) is 0 Å². The van der Waals surface area contributed by atoms with Gasteiger partial charge in [0.25, 0.3) is 5.91 Å². The Morgan fingerprint density at radius 2 is 2.04 bits per heavy atom. The maximum Gasteiger partial charge on any atom is 0.253 e. The van der Waals surface area contributed by atoms with Gasteiger partial charge in [-0.1, -0.05) is 17.3 Å². The van der Waals surface area contributed by atoms with Crippen LogP contribution in [0.1, 0.15) is 32.5 Å². The zero-order valence-corrected chi connectivity index (χ0v) is 16.3. The highest BCUT2D eigenvalue weighted by Gasteiger charge is 2.18. The van der Waals surface area contributed by atoms with Crippen molar-refractivity contribution in [3.8, 4) is 5.82 Å². The molecule has 0 radical (unpaired) electrons. The number of rotatable bonds is 5. The number of aryl methyl sites for hydroxylation is 2. The highest BCUT2D eigenvalue weighted by Crippen LogP contribution is 2.22. The van der Waals surface area contributed by atoms with E-state index in [1.807, 2.05) is 55.7 Å². The summed E-state index contributed by atoms with van der Waals surface area (Å²) in [5.41, 5.74) is 3.45. The Balaban J connectivity index is 1.45. The smallest absolute Gasteiger partial charge is 0.253 e. The number of nitrogens with zero attached hydrogens (tertiary/aromatic N) is 3. The van der Waals surface area contributed by atoms with E-state index in [4.69, 9.17) is 4.52 Å². The molecule has 0 spiro atoms. The van der Waals surface area contributed by atoms with Crippen molar-refractivity contribution in [1.29, 1.82) is 0 Å². The zero-order chi connectivity index (χ0) is 19.0. The van der Waals surface area contributed by atoms with Crippen molar-refractivity contribution in [2.75, 3.05) is 6.54 Å². The van der Waals surface area contributed by atoms with Gasteiger partial charge in [-0.3, -0.25) is 9.36 Å². The van der Waals surface area contributed by atoms with Crippen molar-refractivity contribution in [3.63, 3.8) is 0 Å². The van der Waals surface area contributed by atoms with Gasteiger partial charge in [0.05, 0.1) is 20.8 Å². The van der Waals surface area contributed by atoms with Crippen LogP contribution in [0.15, 0.2) is 40.9 Å². The average molecular weight is 380 g/mol. The maximum atomic E-state index is 12.6. The van der Waals surface area contributed by atoms with Crippen LogP contribution in [0.25, 0.3) is 16.0 Å². The molecular weight excluding hydrogens is 360 g/mol. The molecule has 4 aromatic rings. The first-order valence-electron chi connectivity index (χ1n) is 8.78. The minimum Gasteiger partial charge on any atom is -0.360 e. The molecular formula is C20H20N4O2S. The van der Waals surface area contributed by atoms with Gasteiger partial charge in [0.15, 0.2) is 5.82 Å². The molecule has 0 aliphatic carbocycles. The van der Waals surface area contributed by atoms with Gasteiger partial charge >= 0.3 is 0 Å². The third-order valence-corrected chi connectivity index (χ3v) is 5.58. The molecule has 0 atom stereocenters. The lowest BCUT2D eigenvalue weighted by Gasteiger charge is -2.06. The molecule has 1 N–H and O–H groups in total. The lowest BCUT2D eigenvalue weighted by molar-refractivity contribution is 0.0953. The van der Waals surface area contributed by atoms with E-state index in [0.717, 1.165) is 27.7 Å². The topological polar surface area (TPSA) is 73.0 Å². The van der Waals surface area contributed by atoms with Crippen molar-refractivity contribution in [2.24, 2.45) is 0 Å². The number of hydrogen-bond acceptors (Lipinski definition) is 5. The largest absolute Gasteiger partial charge is 0.360 e. The number of carbonyl (C=O) groups is 1. The molecule has 3 heterocycles. The second-order valence-electron chi connectivity index (χ2n) is 6.50. The van der Waals surface area contributed by atoms with E-state index in [1.54, 1.807) is 11.3 Å². The van der Waals surface area contributed by atoms with E-state index in [-0.39, 0.29) is 5.91 Å². The average Bonchev–Trinajstić information content (AvgIpc) is 3.32. The summed E-state index contributed by atoms with van der Waals surface area (Å²) in [4.78, 5) is 17.2. The first-order chi connectivity index (χ1) is 13.0. The molecule has 27 heavy (non-hydrogen) atoms. The van der Waals surface area contributed by atoms with Gasteiger partial charge in [0, 0.05) is 30.4 Å². The summed E-state index contributed by atoms with van der Waals surface area (Å²) < 4.78 is 8.26. The minimum atomic E-state index is -0.0873. The monoisotopic (exact) mass is 380 g/mol. The summed E-state index contributed by atoms with van der Waals surface area (Å²) in [6, 6.07) is 11.8. The third kappa shape index (κ3) is 3.38. The molecule has 0 unspecified atom stereocenters. The Labute approximate surface area is 160 Å². The standard InChI is InChI=1S/C20H20N4O2S/c1-12-10-15(14(3)24(12)18-11-13(2)26-23-18)20(25)21-9-8-19-22-16-6-4-5-7-17(16)27-19/h4-7,10-11H,8-9H2,1-3H3,(H,21,25). The van der Waals surface area contributed by atoms with Gasteiger partial charge in [-0.2, -0.15) is 0 Å². The summed E-state index contributed by atoms with van der Waals surface area (Å²) in [5.74, 6) is 1.34. The van der Waals surface area contributed by atoms with Gasteiger partial charge in [-0.15, -0.1) is 11.3 Å². The number of nitrogens with one attached hydrogen (secondary N) is 1. The lowest BCUT2D eigenvalue weighted by Crippen LogP contribution is -2.26. The fraction of sp³-hybridized carbons (Fsp3) is 0.250. The van der Waals surface area contributed by atoms with E-state index in [9.17, 15) is 4.79 Å². The lowest BCUT2D eigenvalue weighted by atomic mass is 10.2. The molecule has 3 aromatic heterocycles. The number of benzene rings is 1. The first kappa shape index (κ1) is 17.5. The second-order valence-corrected chi connectivity index (χ2v) is 7.61. The fourth-order valence-electron chi connectivity index (χ4n) is 3.21. The molecule has 0 aliphatic rings. The molecule has 0 aliphatic heterocycles. The summed E-state index contributed by atoms with van der Waals surface area (Å²) in [6.45, 7) is 6.26. The van der Waals surface area contributed by atoms with Crippen molar-refractivity contribution in [3.05, 3.63) is 64.1 Å². The quantitative estimate of drug-likeness (QED) is 0.568. The number of amides is 1. The minimum absolute atomic E-state index is 0.0873. The van der Waals surface area contributed by atoms with Crippen molar-refractivity contribution < 1.29 is 9.32 Å². The van der Waals surface area contributed by atoms with E-state index in [0.29, 0.717) is 24.3 Å². The molecule has 4 rings (SSSR count). The van der Waals surface area contributed by atoms with Crippen LogP contribution in [-0.4, -0.2) is 27.2 Å². The Bertz CT molecular complexity index is 1090. The third-order valence-electron chi connectivity index (χ3n) is 4.48. The number of thiazole rings is 1. The SMILES string of the molecule is Cc1cc(-n2c(C)cc(C(=O)NCCc3nc4ccccc4s3)c2C)no1. The maximum absolute atomic E-state index is 12.6. The van der Waals surface area contributed by atoms with Crippen LogP contribution in [-0.2, 0) is 6.42 Å². The van der Waals surface area contributed by atoms with Gasteiger partial charge in [0.2, 0.25) is 0 Å². The fourth-order valence-corrected chi connectivity index (χ4v) is 4.18. The Morgan fingerprint density at radius 3 is 2.78 bits per heavy atom. The highest BCUT2D eigenvalue weighted by molar-refractivity contribution is 7.18. The summed E-state index contributed by atoms with van der Waals surface area (Å²) in [5, 5.41) is 8.08. The molecule has 138 valence electrons. The molecule has 0 bridgehead atoms. The van der Waals surface area contributed by atoms with E-state index < -0.39 is 0 Å². The van der Waals surface area contributed by atoms with Crippen molar-refractivity contribution in [1.82, 2.24) is 20.0 Å². The predicted molar refractivity (Wildman–Crippen MR) is 106 cm³/mol. The van der Waals surface area contributed by atoms with Gasteiger partial charge in [-0.25, -0.2) is 4.98 Å². The number of aromatic nitrogens is 3. The Kier molecular flexibility index (Phi) is 4.53. The zero-order valence-electron chi connectivity index (χ0n) is 15.4. The van der Waals surface area contributed by atoms with Crippen LogP contribution in [0.3, 0.4) is 0 Å². The van der Waals surface area contributed by atoms with Gasteiger partial charge < -0.3 is 9.84 Å². The Morgan fingerprint density at radius 1 is 1.22 bits per heavy atom. The predicted octanol–water partition coefficient (Wildman–Crippen LogP) is 3.97. The van der Waals surface area contributed by atoms with Crippen molar-refractivity contribution in [2.45, 2.75) is 27.2 Å². The number of para-hydroxylation sites is 1. The van der Waals surface area contributed by atoms with Gasteiger partial charge in [0.1, 0.15) is 5.76 Å². The summed E-state index contributed by atoms with van der Waals surface area (Å²) >= 11 is 1.67. The van der Waals surface area contributed by atoms with E-state index in [2.05, 4.69) is 21.5 Å². The molecule has 0 fully saturated rings. The van der Waals surface area contributed by atoms with Crippen LogP contribution >= 0.6 is 11.3 Å². The molecule has 1 amide bonds. The summed E-state index contributed by atoms with van der Waals surface area (Å²) in [7, 11) is 0. The van der Waals surface area contributed by atoms with Crippen LogP contribution in [0, 0.1) is 20.8 Å². The summed E-state index contributed by atoms with van der Waals surface area (Å²) in [6.07, 6.45) is 0.715.